The van der Waals surface area contributed by atoms with Crippen LogP contribution >= 0.6 is 23.4 Å². The predicted molar refractivity (Wildman–Crippen MR) is 104 cm³/mol. The van der Waals surface area contributed by atoms with Crippen molar-refractivity contribution in [3.8, 4) is 0 Å². The molecule has 0 aliphatic carbocycles. The zero-order valence-electron chi connectivity index (χ0n) is 14.1. The number of amides is 2. The third kappa shape index (κ3) is 3.75. The number of benzene rings is 2. The highest BCUT2D eigenvalue weighted by molar-refractivity contribution is 8.00. The molecule has 3 rings (SSSR count). The first-order valence-corrected chi connectivity index (χ1v) is 9.00. The third-order valence-corrected chi connectivity index (χ3v) is 5.27. The number of nitrogens with one attached hydrogen (secondary N) is 2. The van der Waals surface area contributed by atoms with Crippen molar-refractivity contribution in [3.05, 3.63) is 47.0 Å². The lowest BCUT2D eigenvalue weighted by Gasteiger charge is -2.22. The summed E-state index contributed by atoms with van der Waals surface area (Å²) < 4.78 is 0. The Bertz CT molecular complexity index is 854. The number of fused-ring (bicyclic) bond motifs is 1. The maximum atomic E-state index is 12.6. The summed E-state index contributed by atoms with van der Waals surface area (Å²) in [4.78, 5) is 27.3. The van der Waals surface area contributed by atoms with Crippen LogP contribution in [-0.4, -0.2) is 31.2 Å². The molecule has 2 amide bonds. The van der Waals surface area contributed by atoms with Crippen LogP contribution in [0.5, 0.6) is 0 Å². The molecule has 2 aromatic rings. The minimum Gasteiger partial charge on any atom is -0.376 e. The van der Waals surface area contributed by atoms with Gasteiger partial charge in [-0.15, -0.1) is 11.8 Å². The van der Waals surface area contributed by atoms with Crippen LogP contribution in [0.25, 0.3) is 0 Å². The lowest BCUT2D eigenvalue weighted by atomic mass is 10.1. The van der Waals surface area contributed by atoms with E-state index in [4.69, 9.17) is 11.6 Å². The Kier molecular flexibility index (Phi) is 4.92. The quantitative estimate of drug-likeness (QED) is 0.848. The molecule has 1 unspecified atom stereocenters. The van der Waals surface area contributed by atoms with Crippen LogP contribution in [0.4, 0.5) is 17.1 Å². The van der Waals surface area contributed by atoms with Gasteiger partial charge in [0.1, 0.15) is 0 Å². The molecule has 0 spiro atoms. The van der Waals surface area contributed by atoms with E-state index in [-0.39, 0.29) is 17.1 Å². The van der Waals surface area contributed by atoms with Crippen molar-refractivity contribution in [1.29, 1.82) is 0 Å². The number of carbonyl (C=O) groups is 2. The molecule has 0 radical (unpaired) electrons. The fourth-order valence-corrected chi connectivity index (χ4v) is 3.65. The molecule has 7 heteroatoms. The molecule has 130 valence electrons. The van der Waals surface area contributed by atoms with Gasteiger partial charge in [0.05, 0.1) is 22.3 Å². The van der Waals surface area contributed by atoms with Crippen LogP contribution in [0.1, 0.15) is 17.3 Å². The first kappa shape index (κ1) is 17.6. The van der Waals surface area contributed by atoms with Crippen molar-refractivity contribution in [2.24, 2.45) is 0 Å². The van der Waals surface area contributed by atoms with Gasteiger partial charge >= 0.3 is 0 Å². The van der Waals surface area contributed by atoms with Crippen LogP contribution < -0.4 is 15.5 Å². The molecule has 1 atom stereocenters. The molecule has 1 heterocycles. The molecule has 1 aliphatic rings. The Morgan fingerprint density at radius 3 is 2.72 bits per heavy atom. The standard InChI is InChI=1S/C18H18ClN3O2S/c1-10-17(23)21-14-8-11(4-7-16(14)25-10)18(24)20-13-9-12(19)5-6-15(13)22(2)3/h4-10H,1-3H3,(H,20,24)(H,21,23). The Balaban J connectivity index is 1.87. The number of hydrogen-bond acceptors (Lipinski definition) is 4. The number of halogens is 1. The van der Waals surface area contributed by atoms with Crippen molar-refractivity contribution in [1.82, 2.24) is 0 Å². The second-order valence-electron chi connectivity index (χ2n) is 5.97. The molecule has 5 nitrogen and oxygen atoms in total. The summed E-state index contributed by atoms with van der Waals surface area (Å²) in [5.74, 6) is -0.314. The van der Waals surface area contributed by atoms with Gasteiger partial charge in [0.2, 0.25) is 5.91 Å². The summed E-state index contributed by atoms with van der Waals surface area (Å²) in [6.07, 6.45) is 0. The molecular weight excluding hydrogens is 358 g/mol. The average Bonchev–Trinajstić information content (AvgIpc) is 2.55. The summed E-state index contributed by atoms with van der Waals surface area (Å²) in [6, 6.07) is 10.6. The van der Waals surface area contributed by atoms with E-state index in [0.29, 0.717) is 22.0 Å². The molecule has 2 aromatic carbocycles. The van der Waals surface area contributed by atoms with E-state index in [0.717, 1.165) is 10.6 Å². The fraction of sp³-hybridized carbons (Fsp3) is 0.222. The second-order valence-corrected chi connectivity index (χ2v) is 7.79. The second kappa shape index (κ2) is 6.98. The number of thioether (sulfide) groups is 1. The third-order valence-electron chi connectivity index (χ3n) is 3.86. The highest BCUT2D eigenvalue weighted by atomic mass is 35.5. The Labute approximate surface area is 155 Å². The normalized spacial score (nSPS) is 16.0. The van der Waals surface area contributed by atoms with E-state index in [1.165, 1.54) is 11.8 Å². The van der Waals surface area contributed by atoms with Crippen molar-refractivity contribution in [3.63, 3.8) is 0 Å². The monoisotopic (exact) mass is 375 g/mol. The largest absolute Gasteiger partial charge is 0.376 e. The van der Waals surface area contributed by atoms with Crippen LogP contribution in [0.15, 0.2) is 41.3 Å². The van der Waals surface area contributed by atoms with E-state index in [1.807, 2.05) is 38.1 Å². The summed E-state index contributed by atoms with van der Waals surface area (Å²) in [6.45, 7) is 1.85. The summed E-state index contributed by atoms with van der Waals surface area (Å²) in [5.41, 5.74) is 2.62. The van der Waals surface area contributed by atoms with Crippen LogP contribution in [0.3, 0.4) is 0 Å². The molecule has 1 aliphatic heterocycles. The van der Waals surface area contributed by atoms with Gasteiger partial charge in [0.25, 0.3) is 5.91 Å². The summed E-state index contributed by atoms with van der Waals surface area (Å²) in [7, 11) is 3.79. The van der Waals surface area contributed by atoms with E-state index in [2.05, 4.69) is 10.6 Å². The summed E-state index contributed by atoms with van der Waals surface area (Å²) in [5, 5.41) is 6.14. The molecule has 2 N–H and O–H groups in total. The smallest absolute Gasteiger partial charge is 0.255 e. The summed E-state index contributed by atoms with van der Waals surface area (Å²) >= 11 is 7.54. The number of rotatable bonds is 3. The Morgan fingerprint density at radius 2 is 2.00 bits per heavy atom. The van der Waals surface area contributed by atoms with E-state index in [1.54, 1.807) is 24.3 Å². The first-order valence-electron chi connectivity index (χ1n) is 7.75. The van der Waals surface area contributed by atoms with Crippen molar-refractivity contribution < 1.29 is 9.59 Å². The van der Waals surface area contributed by atoms with Crippen LogP contribution in [0.2, 0.25) is 5.02 Å². The van der Waals surface area contributed by atoms with Crippen molar-refractivity contribution >= 4 is 52.2 Å². The SMILES string of the molecule is CC1Sc2ccc(C(=O)Nc3cc(Cl)ccc3N(C)C)cc2NC1=O. The Hall–Kier alpha value is -2.18. The number of hydrogen-bond donors (Lipinski definition) is 2. The molecule has 0 saturated heterocycles. The van der Waals surface area contributed by atoms with Crippen LogP contribution in [0, 0.1) is 0 Å². The van der Waals surface area contributed by atoms with Gasteiger partial charge in [0, 0.05) is 29.6 Å². The zero-order valence-corrected chi connectivity index (χ0v) is 15.7. The highest BCUT2D eigenvalue weighted by Gasteiger charge is 2.24. The predicted octanol–water partition coefficient (Wildman–Crippen LogP) is 4.09. The number of anilines is 3. The van der Waals surface area contributed by atoms with Crippen molar-refractivity contribution in [2.75, 3.05) is 29.6 Å². The van der Waals surface area contributed by atoms with Crippen molar-refractivity contribution in [2.45, 2.75) is 17.1 Å². The minimum absolute atomic E-state index is 0.0557. The maximum absolute atomic E-state index is 12.6. The van der Waals surface area contributed by atoms with E-state index < -0.39 is 0 Å². The van der Waals surface area contributed by atoms with Gasteiger partial charge in [-0.1, -0.05) is 11.6 Å². The molecular formula is C18H18ClN3O2S. The Morgan fingerprint density at radius 1 is 1.24 bits per heavy atom. The topological polar surface area (TPSA) is 61.4 Å². The lowest BCUT2D eigenvalue weighted by Crippen LogP contribution is -2.26. The van der Waals surface area contributed by atoms with Gasteiger partial charge in [-0.3, -0.25) is 9.59 Å². The van der Waals surface area contributed by atoms with Gasteiger partial charge in [-0.2, -0.15) is 0 Å². The molecule has 25 heavy (non-hydrogen) atoms. The fourth-order valence-electron chi connectivity index (χ4n) is 2.54. The zero-order chi connectivity index (χ0) is 18.1. The number of nitrogens with zero attached hydrogens (tertiary/aromatic N) is 1. The van der Waals surface area contributed by atoms with Gasteiger partial charge in [0.15, 0.2) is 0 Å². The maximum Gasteiger partial charge on any atom is 0.255 e. The van der Waals surface area contributed by atoms with Crippen LogP contribution in [-0.2, 0) is 4.79 Å². The van der Waals surface area contributed by atoms with E-state index in [9.17, 15) is 9.59 Å². The molecule has 0 fully saturated rings. The average molecular weight is 376 g/mol. The minimum atomic E-state index is -0.258. The van der Waals surface area contributed by atoms with Gasteiger partial charge < -0.3 is 15.5 Å². The molecule has 0 aromatic heterocycles. The lowest BCUT2D eigenvalue weighted by molar-refractivity contribution is -0.115. The van der Waals surface area contributed by atoms with Gasteiger partial charge in [-0.05, 0) is 43.3 Å². The number of carbonyl (C=O) groups excluding carboxylic acids is 2. The van der Waals surface area contributed by atoms with Gasteiger partial charge in [-0.25, -0.2) is 0 Å². The highest BCUT2D eigenvalue weighted by Crippen LogP contribution is 2.36. The molecule has 0 bridgehead atoms. The van der Waals surface area contributed by atoms with E-state index >= 15 is 0 Å². The first-order chi connectivity index (χ1) is 11.8. The molecule has 0 saturated carbocycles.